The van der Waals surface area contributed by atoms with E-state index in [-0.39, 0.29) is 47.9 Å². The molecule has 0 aliphatic heterocycles. The molecular weight excluding hydrogens is 855 g/mol. The van der Waals surface area contributed by atoms with Gasteiger partial charge in [-0.2, -0.15) is 0 Å². The van der Waals surface area contributed by atoms with E-state index in [4.69, 9.17) is 4.98 Å². The van der Waals surface area contributed by atoms with E-state index in [1.807, 2.05) is 70.4 Å². The minimum Gasteiger partial charge on any atom is -0.512 e. The standard InChI is InChI=1S/C31H26NS2.C15H28O2.Ir/c1-18-14-22-16-21(10-11-26(22)33-18)30-19(2)28-27(34-30)12-13-32-29(28)23-15-20-8-6-7-9-24(20)25(17-23)31(3,4)5;1-7-14(5,8-2)12(16)11-13(17)15(6,9-3)10-4;/h6-14,16-17H,1-5H3;11,16H,7-10H2,1-6H3;/q-1;;/b;12-11-;. The molecule has 0 aliphatic carbocycles. The van der Waals surface area contributed by atoms with E-state index in [0.717, 1.165) is 42.3 Å². The summed E-state index contributed by atoms with van der Waals surface area (Å²) in [6.07, 6.45) is 6.70. The zero-order valence-corrected chi connectivity index (χ0v) is 36.7. The first kappa shape index (κ1) is 41.6. The zero-order chi connectivity index (χ0) is 37.3. The third kappa shape index (κ3) is 8.31. The number of hydrogen-bond donors (Lipinski definition) is 1. The third-order valence-corrected chi connectivity index (χ3v) is 13.5. The smallest absolute Gasteiger partial charge is 0.164 e. The van der Waals surface area contributed by atoms with Crippen molar-refractivity contribution in [1.82, 2.24) is 4.98 Å². The van der Waals surface area contributed by atoms with Crippen molar-refractivity contribution in [3.05, 3.63) is 101 Å². The van der Waals surface area contributed by atoms with Crippen LogP contribution in [0.25, 0.3) is 52.6 Å². The van der Waals surface area contributed by atoms with Crippen LogP contribution in [0.3, 0.4) is 0 Å². The van der Waals surface area contributed by atoms with Crippen LogP contribution < -0.4 is 0 Å². The van der Waals surface area contributed by atoms with Crippen LogP contribution in [-0.2, 0) is 30.3 Å². The Kier molecular flexibility index (Phi) is 13.2. The number of nitrogens with zero attached hydrogens (tertiary/aromatic N) is 1. The molecule has 1 radical (unpaired) electrons. The number of thiophene rings is 2. The molecule has 6 heteroatoms. The fourth-order valence-electron chi connectivity index (χ4n) is 6.65. The summed E-state index contributed by atoms with van der Waals surface area (Å²) in [5.74, 6) is 0.286. The first-order valence-electron chi connectivity index (χ1n) is 18.4. The van der Waals surface area contributed by atoms with Gasteiger partial charge in [0.2, 0.25) is 0 Å². The van der Waals surface area contributed by atoms with E-state index < -0.39 is 0 Å². The average molecular weight is 909 g/mol. The number of aliphatic hydroxyl groups is 1. The van der Waals surface area contributed by atoms with Gasteiger partial charge in [-0.05, 0) is 91.1 Å². The second-order valence-electron chi connectivity index (χ2n) is 15.5. The topological polar surface area (TPSA) is 50.2 Å². The summed E-state index contributed by atoms with van der Waals surface area (Å²) in [5, 5.41) is 15.1. The molecule has 6 aromatic rings. The van der Waals surface area contributed by atoms with Crippen LogP contribution in [0.2, 0.25) is 0 Å². The summed E-state index contributed by atoms with van der Waals surface area (Å²) in [7, 11) is 0. The predicted molar refractivity (Wildman–Crippen MR) is 223 cm³/mol. The van der Waals surface area contributed by atoms with Gasteiger partial charge in [-0.3, -0.25) is 9.78 Å². The van der Waals surface area contributed by atoms with E-state index in [9.17, 15) is 9.90 Å². The minimum atomic E-state index is -0.337. The summed E-state index contributed by atoms with van der Waals surface area (Å²) in [5.41, 5.74) is 5.45. The molecule has 0 spiro atoms. The van der Waals surface area contributed by atoms with E-state index in [0.29, 0.717) is 0 Å². The molecular formula is C46H54IrNO2S2-. The maximum Gasteiger partial charge on any atom is 0.164 e. The Balaban J connectivity index is 0.000000289. The predicted octanol–water partition coefficient (Wildman–Crippen LogP) is 14.4. The number of fused-ring (bicyclic) bond motifs is 3. The second kappa shape index (κ2) is 16.5. The Hall–Kier alpha value is -3.15. The molecule has 0 fully saturated rings. The average Bonchev–Trinajstić information content (AvgIpc) is 3.67. The number of ketones is 1. The molecule has 3 nitrogen and oxygen atoms in total. The van der Waals surface area contributed by atoms with Crippen molar-refractivity contribution < 1.29 is 30.0 Å². The van der Waals surface area contributed by atoms with E-state index in [1.54, 1.807) is 0 Å². The first-order chi connectivity index (χ1) is 24.1. The molecule has 277 valence electrons. The Labute approximate surface area is 333 Å². The number of carbonyl (C=O) groups excluding carboxylic acids is 1. The quantitative estimate of drug-likeness (QED) is 0.0893. The Morgan fingerprint density at radius 1 is 0.827 bits per heavy atom. The Bertz CT molecular complexity index is 2220. The van der Waals surface area contributed by atoms with Crippen molar-refractivity contribution >= 4 is 59.4 Å². The van der Waals surface area contributed by atoms with Gasteiger partial charge in [0, 0.05) is 68.1 Å². The van der Waals surface area contributed by atoms with Crippen LogP contribution in [0, 0.1) is 30.7 Å². The number of aryl methyl sites for hydroxylation is 2. The van der Waals surface area contributed by atoms with Crippen molar-refractivity contribution in [3.8, 4) is 21.7 Å². The molecule has 0 aliphatic rings. The molecule has 0 bridgehead atoms. The third-order valence-electron chi connectivity index (χ3n) is 11.2. The van der Waals surface area contributed by atoms with Crippen LogP contribution in [0.15, 0.2) is 78.7 Å². The molecule has 3 aromatic heterocycles. The summed E-state index contributed by atoms with van der Waals surface area (Å²) >= 11 is 3.72. The molecule has 0 unspecified atom stereocenters. The Morgan fingerprint density at radius 3 is 2.12 bits per heavy atom. The van der Waals surface area contributed by atoms with Crippen molar-refractivity contribution in [3.63, 3.8) is 0 Å². The summed E-state index contributed by atoms with van der Waals surface area (Å²) in [4.78, 5) is 19.8. The molecule has 0 saturated heterocycles. The normalized spacial score (nSPS) is 12.6. The fourth-order valence-corrected chi connectivity index (χ4v) is 8.76. The van der Waals surface area contributed by atoms with Gasteiger partial charge in [-0.15, -0.1) is 51.8 Å². The number of aromatic nitrogens is 1. The van der Waals surface area contributed by atoms with Gasteiger partial charge >= 0.3 is 0 Å². The Morgan fingerprint density at radius 2 is 1.48 bits per heavy atom. The van der Waals surface area contributed by atoms with Gasteiger partial charge in [-0.25, -0.2) is 0 Å². The van der Waals surface area contributed by atoms with Crippen molar-refractivity contribution in [2.24, 2.45) is 10.8 Å². The maximum atomic E-state index is 12.2. The van der Waals surface area contributed by atoms with Gasteiger partial charge < -0.3 is 5.11 Å². The van der Waals surface area contributed by atoms with Crippen molar-refractivity contribution in [2.45, 2.75) is 107 Å². The summed E-state index contributed by atoms with van der Waals surface area (Å²) < 4.78 is 2.63. The number of hydrogen-bond acceptors (Lipinski definition) is 5. The maximum absolute atomic E-state index is 12.2. The van der Waals surface area contributed by atoms with Crippen LogP contribution in [0.5, 0.6) is 0 Å². The monoisotopic (exact) mass is 909 g/mol. The van der Waals surface area contributed by atoms with Crippen LogP contribution >= 0.6 is 22.7 Å². The molecule has 3 heterocycles. The molecule has 0 saturated carbocycles. The number of aliphatic hydroxyl groups excluding tert-OH is 1. The molecule has 3 aromatic carbocycles. The van der Waals surface area contributed by atoms with E-state index in [1.165, 1.54) is 58.1 Å². The van der Waals surface area contributed by atoms with Gasteiger partial charge in [0.1, 0.15) is 5.76 Å². The van der Waals surface area contributed by atoms with Gasteiger partial charge in [0.25, 0.3) is 0 Å². The number of rotatable bonds is 9. The first-order valence-corrected chi connectivity index (χ1v) is 20.0. The summed E-state index contributed by atoms with van der Waals surface area (Å²) in [6.45, 7) is 23.3. The largest absolute Gasteiger partial charge is 0.512 e. The molecule has 52 heavy (non-hydrogen) atoms. The number of benzene rings is 3. The van der Waals surface area contributed by atoms with E-state index >= 15 is 0 Å². The van der Waals surface area contributed by atoms with Crippen LogP contribution in [0.4, 0.5) is 0 Å². The zero-order valence-electron chi connectivity index (χ0n) is 32.7. The number of carbonyl (C=O) groups is 1. The van der Waals surface area contributed by atoms with Crippen LogP contribution in [0.1, 0.15) is 104 Å². The number of pyridine rings is 1. The SMILES string of the molecule is CCC(C)(CC)C(=O)/C=C(\O)C(C)(CC)CC.Cc1cc2cc(-c3sc4ccnc(-c5[c-]c6ccccc6c(C(C)(C)C)c5)c4c3C)ccc2s1.[Ir]. The van der Waals surface area contributed by atoms with Crippen molar-refractivity contribution in [1.29, 1.82) is 0 Å². The molecule has 0 atom stereocenters. The van der Waals surface area contributed by atoms with Gasteiger partial charge in [0.05, 0.1) is 0 Å². The second-order valence-corrected chi connectivity index (χ2v) is 17.9. The molecule has 6 rings (SSSR count). The minimum absolute atomic E-state index is 0. The van der Waals surface area contributed by atoms with Gasteiger partial charge in [-0.1, -0.05) is 97.5 Å². The van der Waals surface area contributed by atoms with Crippen LogP contribution in [-0.4, -0.2) is 15.9 Å². The number of allylic oxidation sites excluding steroid dienone is 2. The fraction of sp³-hybridized carbons (Fsp3) is 0.391. The van der Waals surface area contributed by atoms with Crippen molar-refractivity contribution in [2.75, 3.05) is 0 Å². The molecule has 1 N–H and O–H groups in total. The summed E-state index contributed by atoms with van der Waals surface area (Å²) in [6, 6.07) is 25.9. The molecule has 0 amide bonds. The van der Waals surface area contributed by atoms with E-state index in [2.05, 4.69) is 101 Å². The van der Waals surface area contributed by atoms with Gasteiger partial charge in [0.15, 0.2) is 5.78 Å².